The molecule has 0 radical (unpaired) electrons. The highest BCUT2D eigenvalue weighted by Gasteiger charge is 2.14. The zero-order chi connectivity index (χ0) is 11.8. The van der Waals surface area contributed by atoms with E-state index in [2.05, 4.69) is 0 Å². The normalized spacial score (nSPS) is 14.2. The Hall–Kier alpha value is 0.590. The van der Waals surface area contributed by atoms with Crippen molar-refractivity contribution in [1.29, 1.82) is 0 Å². The van der Waals surface area contributed by atoms with Gasteiger partial charge in [-0.1, -0.05) is 6.92 Å². The first-order valence-corrected chi connectivity index (χ1v) is 9.45. The van der Waals surface area contributed by atoms with Crippen LogP contribution in [0.15, 0.2) is 0 Å². The Labute approximate surface area is 100 Å². The topological polar surface area (TPSA) is 37.4 Å². The molecule has 0 N–H and O–H groups in total. The van der Waals surface area contributed by atoms with Crippen molar-refractivity contribution in [3.05, 3.63) is 0 Å². The maximum Gasteiger partial charge on any atom is 0.143 e. The largest absolute Gasteiger partial charge is 0.313 e. The van der Waals surface area contributed by atoms with Gasteiger partial charge in [0.05, 0.1) is 0 Å². The van der Waals surface area contributed by atoms with E-state index in [-0.39, 0.29) is 5.78 Å². The Morgan fingerprint density at radius 2 is 1.71 bits per heavy atom. The minimum absolute atomic E-state index is 0.130. The van der Waals surface area contributed by atoms with E-state index in [4.69, 9.17) is 0 Å². The van der Waals surface area contributed by atoms with Crippen LogP contribution in [0.4, 0.5) is 0 Å². The average molecular weight is 333 g/mol. The van der Waals surface area contributed by atoms with Gasteiger partial charge in [0.25, 0.3) is 0 Å². The lowest BCUT2D eigenvalue weighted by atomic mass is 10.4. The summed E-state index contributed by atoms with van der Waals surface area (Å²) >= 11 is 1.98. The third-order valence-electron chi connectivity index (χ3n) is 1.27. The molecule has 0 bridgehead atoms. The summed E-state index contributed by atoms with van der Waals surface area (Å²) in [5.41, 5.74) is 0. The van der Waals surface area contributed by atoms with Gasteiger partial charge in [-0.15, -0.1) is 0 Å². The Balaban J connectivity index is 0. The van der Waals surface area contributed by atoms with Crippen LogP contribution in [0.5, 0.6) is 0 Å². The van der Waals surface area contributed by atoms with E-state index in [0.717, 1.165) is 0 Å². The van der Waals surface area contributed by atoms with Crippen molar-refractivity contribution >= 4 is 32.6 Å². The van der Waals surface area contributed by atoms with Crippen molar-refractivity contribution in [3.8, 4) is 0 Å². The number of carbonyl (C=O) groups is 1. The number of halogens is 1. The van der Waals surface area contributed by atoms with Gasteiger partial charge in [-0.05, 0) is 50.1 Å². The van der Waals surface area contributed by atoms with Crippen LogP contribution < -0.4 is 0 Å². The zero-order valence-electron chi connectivity index (χ0n) is 9.71. The molecule has 0 fully saturated rings. The Bertz CT molecular complexity index is 204. The number of ketones is 1. The van der Waals surface area contributed by atoms with Crippen molar-refractivity contribution in [2.45, 2.75) is 20.3 Å². The molecule has 14 heavy (non-hydrogen) atoms. The third-order valence-corrected chi connectivity index (χ3v) is 6.60. The van der Waals surface area contributed by atoms with E-state index in [0.29, 0.717) is 18.7 Å². The summed E-state index contributed by atoms with van der Waals surface area (Å²) in [6, 6.07) is 0. The zero-order valence-corrected chi connectivity index (χ0v) is 12.8. The lowest BCUT2D eigenvalue weighted by Gasteiger charge is -2.04. The minimum Gasteiger partial charge on any atom is -0.313 e. The number of Topliss-reactive ketones (excluding diaryl/α,β-unsaturated/α-hetero) is 1. The number of nitrogens with zero attached hydrogens (tertiary/aromatic N) is 1. The first-order valence-electron chi connectivity index (χ1n) is 4.59. The maximum atomic E-state index is 11.3. The summed E-state index contributed by atoms with van der Waals surface area (Å²) in [7, 11) is 6.00. The monoisotopic (exact) mass is 333 g/mol. The molecule has 0 aromatic heterocycles. The molecule has 1 atom stereocenters. The lowest BCUT2D eigenvalue weighted by molar-refractivity contribution is -0.116. The summed E-state index contributed by atoms with van der Waals surface area (Å²) in [6.07, 6.45) is 1.73. The van der Waals surface area contributed by atoms with E-state index >= 15 is 0 Å². The van der Waals surface area contributed by atoms with Crippen LogP contribution in [0.3, 0.4) is 0 Å². The molecular formula is C9H21INO2P. The number of hydrogen-bond donors (Lipinski definition) is 0. The molecule has 5 heteroatoms. The Morgan fingerprint density at radius 3 is 1.93 bits per heavy atom. The standard InChI is InChI=1S/C6H12IO2P.C3H9N/c1-3-10(7,9)5-4-6(2)8;1-4(2)3/h3-5H2,1-2H3;1-3H3. The summed E-state index contributed by atoms with van der Waals surface area (Å²) in [5.74, 6) is 0.130. The molecular weight excluding hydrogens is 312 g/mol. The van der Waals surface area contributed by atoms with Crippen molar-refractivity contribution < 1.29 is 9.36 Å². The molecule has 0 aliphatic rings. The fourth-order valence-corrected chi connectivity index (χ4v) is 2.17. The SMILES string of the molecule is CCP(=O)(I)CCC(C)=O.CN(C)C. The average Bonchev–Trinajstić information content (AvgIpc) is 2.00. The van der Waals surface area contributed by atoms with E-state index in [1.165, 1.54) is 6.92 Å². The smallest absolute Gasteiger partial charge is 0.143 e. The maximum absolute atomic E-state index is 11.3. The van der Waals surface area contributed by atoms with Crippen LogP contribution in [0.2, 0.25) is 0 Å². The minimum atomic E-state index is -1.98. The molecule has 0 aromatic carbocycles. The third kappa shape index (κ3) is 18.4. The second-order valence-electron chi connectivity index (χ2n) is 3.62. The molecule has 0 saturated carbocycles. The van der Waals surface area contributed by atoms with Crippen molar-refractivity contribution in [2.75, 3.05) is 33.5 Å². The van der Waals surface area contributed by atoms with Gasteiger partial charge in [-0.2, -0.15) is 0 Å². The van der Waals surface area contributed by atoms with Crippen molar-refractivity contribution in [3.63, 3.8) is 0 Å². The quantitative estimate of drug-likeness (QED) is 0.586. The van der Waals surface area contributed by atoms with Gasteiger partial charge >= 0.3 is 0 Å². The lowest BCUT2D eigenvalue weighted by Crippen LogP contribution is -1.99. The molecule has 0 rings (SSSR count). The summed E-state index contributed by atoms with van der Waals surface area (Å²) in [6.45, 7) is 3.43. The summed E-state index contributed by atoms with van der Waals surface area (Å²) in [5, 5.41) is 0. The highest BCUT2D eigenvalue weighted by molar-refractivity contribution is 14.2. The molecule has 3 nitrogen and oxygen atoms in total. The molecule has 0 amide bonds. The van der Waals surface area contributed by atoms with E-state index < -0.39 is 4.78 Å². The van der Waals surface area contributed by atoms with Gasteiger partial charge < -0.3 is 14.3 Å². The van der Waals surface area contributed by atoms with Gasteiger partial charge in [0.2, 0.25) is 0 Å². The van der Waals surface area contributed by atoms with Gasteiger partial charge in [-0.3, -0.25) is 0 Å². The van der Waals surface area contributed by atoms with Gasteiger partial charge in [-0.25, -0.2) is 0 Å². The van der Waals surface area contributed by atoms with Crippen molar-refractivity contribution in [1.82, 2.24) is 4.90 Å². The fourth-order valence-electron chi connectivity index (χ4n) is 0.483. The van der Waals surface area contributed by atoms with E-state index in [9.17, 15) is 9.36 Å². The Morgan fingerprint density at radius 1 is 1.36 bits per heavy atom. The number of rotatable bonds is 4. The van der Waals surface area contributed by atoms with Crippen LogP contribution in [-0.2, 0) is 9.36 Å². The fraction of sp³-hybridized carbons (Fsp3) is 0.889. The second kappa shape index (κ2) is 8.86. The molecule has 1 unspecified atom stereocenters. The molecule has 0 heterocycles. The molecule has 0 saturated heterocycles. The highest BCUT2D eigenvalue weighted by atomic mass is 127. The predicted molar refractivity (Wildman–Crippen MR) is 71.9 cm³/mol. The predicted octanol–water partition coefficient (Wildman–Crippen LogP) is 2.88. The van der Waals surface area contributed by atoms with Crippen LogP contribution in [0.1, 0.15) is 20.3 Å². The first kappa shape index (κ1) is 17.0. The van der Waals surface area contributed by atoms with E-state index in [1.54, 1.807) is 0 Å². The highest BCUT2D eigenvalue weighted by Crippen LogP contribution is 2.54. The molecule has 0 aliphatic heterocycles. The molecule has 86 valence electrons. The molecule has 0 aliphatic carbocycles. The van der Waals surface area contributed by atoms with E-state index in [1.807, 2.05) is 55.0 Å². The van der Waals surface area contributed by atoms with Crippen molar-refractivity contribution in [2.24, 2.45) is 0 Å². The molecule has 0 aromatic rings. The van der Waals surface area contributed by atoms with Crippen LogP contribution in [0, 0.1) is 0 Å². The number of carbonyl (C=O) groups excluding carboxylic acids is 1. The second-order valence-corrected chi connectivity index (χ2v) is 11.6. The summed E-state index contributed by atoms with van der Waals surface area (Å²) < 4.78 is 11.3. The van der Waals surface area contributed by atoms with Gasteiger partial charge in [0.1, 0.15) is 10.6 Å². The Kier molecular flexibility index (Phi) is 10.8. The van der Waals surface area contributed by atoms with Crippen LogP contribution in [-0.4, -0.2) is 44.1 Å². The summed E-state index contributed by atoms with van der Waals surface area (Å²) in [4.78, 5) is 10.5. The van der Waals surface area contributed by atoms with Crippen LogP contribution >= 0.6 is 26.8 Å². The number of hydrogen-bond acceptors (Lipinski definition) is 3. The van der Waals surface area contributed by atoms with Crippen LogP contribution in [0.25, 0.3) is 0 Å². The van der Waals surface area contributed by atoms with Gasteiger partial charge in [0, 0.05) is 18.7 Å². The first-order chi connectivity index (χ1) is 6.21. The molecule has 0 spiro atoms. The van der Waals surface area contributed by atoms with Gasteiger partial charge in [0.15, 0.2) is 0 Å².